The van der Waals surface area contributed by atoms with Crippen LogP contribution in [0.15, 0.2) is 30.6 Å². The molecular weight excluding hydrogens is 252 g/mol. The maximum atomic E-state index is 12.2. The van der Waals surface area contributed by atoms with Crippen LogP contribution in [0.3, 0.4) is 0 Å². The van der Waals surface area contributed by atoms with E-state index in [2.05, 4.69) is 4.98 Å². The van der Waals surface area contributed by atoms with E-state index in [4.69, 9.17) is 5.73 Å². The van der Waals surface area contributed by atoms with Gasteiger partial charge in [0.2, 0.25) is 5.91 Å². The van der Waals surface area contributed by atoms with Crippen LogP contribution in [0.1, 0.15) is 17.8 Å². The number of rotatable bonds is 3. The summed E-state index contributed by atoms with van der Waals surface area (Å²) in [5.74, 6) is 1.16. The fourth-order valence-corrected chi connectivity index (χ4v) is 2.67. The Morgan fingerprint density at radius 1 is 1.35 bits per heavy atom. The van der Waals surface area contributed by atoms with E-state index in [0.717, 1.165) is 35.6 Å². The molecule has 104 valence electrons. The summed E-state index contributed by atoms with van der Waals surface area (Å²) >= 11 is 0. The van der Waals surface area contributed by atoms with Crippen molar-refractivity contribution in [3.63, 3.8) is 0 Å². The summed E-state index contributed by atoms with van der Waals surface area (Å²) in [5, 5.41) is 0. The molecule has 0 atom stereocenters. The van der Waals surface area contributed by atoms with Crippen LogP contribution in [-0.2, 0) is 24.7 Å². The van der Waals surface area contributed by atoms with Crippen molar-refractivity contribution in [2.45, 2.75) is 19.3 Å². The number of hydrogen-bond acceptors (Lipinski definition) is 3. The van der Waals surface area contributed by atoms with E-state index >= 15 is 0 Å². The first-order valence-corrected chi connectivity index (χ1v) is 6.80. The second-order valence-electron chi connectivity index (χ2n) is 5.14. The Labute approximate surface area is 118 Å². The molecule has 1 aliphatic rings. The van der Waals surface area contributed by atoms with Crippen LogP contribution in [0.2, 0.25) is 0 Å². The highest BCUT2D eigenvalue weighted by molar-refractivity contribution is 5.96. The van der Waals surface area contributed by atoms with E-state index in [9.17, 15) is 4.79 Å². The Balaban J connectivity index is 1.82. The molecule has 0 saturated heterocycles. The number of nitrogen functional groups attached to an aromatic ring is 1. The van der Waals surface area contributed by atoms with Gasteiger partial charge in [0.15, 0.2) is 0 Å². The fraction of sp³-hybridized carbons (Fsp3) is 0.333. The normalized spacial score (nSPS) is 14.4. The zero-order valence-corrected chi connectivity index (χ0v) is 11.5. The summed E-state index contributed by atoms with van der Waals surface area (Å²) < 4.78 is 1.98. The van der Waals surface area contributed by atoms with E-state index in [0.29, 0.717) is 13.0 Å². The smallest absolute Gasteiger partial charge is 0.227 e. The van der Waals surface area contributed by atoms with E-state index in [-0.39, 0.29) is 5.91 Å². The van der Waals surface area contributed by atoms with E-state index in [1.54, 1.807) is 6.20 Å². The van der Waals surface area contributed by atoms with Crippen molar-refractivity contribution in [1.29, 1.82) is 0 Å². The fourth-order valence-electron chi connectivity index (χ4n) is 2.67. The molecule has 0 radical (unpaired) electrons. The van der Waals surface area contributed by atoms with Gasteiger partial charge in [0.25, 0.3) is 0 Å². The van der Waals surface area contributed by atoms with Gasteiger partial charge in [0.05, 0.1) is 0 Å². The summed E-state index contributed by atoms with van der Waals surface area (Å²) in [4.78, 5) is 18.3. The van der Waals surface area contributed by atoms with Gasteiger partial charge in [-0.05, 0) is 30.2 Å². The number of anilines is 2. The first-order valence-electron chi connectivity index (χ1n) is 6.80. The number of amides is 1. The molecule has 0 aliphatic carbocycles. The van der Waals surface area contributed by atoms with Crippen LogP contribution in [0.5, 0.6) is 0 Å². The van der Waals surface area contributed by atoms with Crippen LogP contribution in [0.4, 0.5) is 11.4 Å². The van der Waals surface area contributed by atoms with Crippen molar-refractivity contribution in [3.8, 4) is 0 Å². The number of nitrogens with zero attached hydrogens (tertiary/aromatic N) is 3. The SMILES string of the molecule is Cn1ccnc1CCN1C(=O)CCc2cc(N)ccc21. The van der Waals surface area contributed by atoms with Crippen molar-refractivity contribution >= 4 is 17.3 Å². The zero-order chi connectivity index (χ0) is 14.1. The van der Waals surface area contributed by atoms with Crippen LogP contribution in [-0.4, -0.2) is 22.0 Å². The van der Waals surface area contributed by atoms with Crippen LogP contribution in [0.25, 0.3) is 0 Å². The third-order valence-electron chi connectivity index (χ3n) is 3.78. The molecule has 20 heavy (non-hydrogen) atoms. The monoisotopic (exact) mass is 270 g/mol. The van der Waals surface area contributed by atoms with Crippen LogP contribution < -0.4 is 10.6 Å². The molecule has 2 aromatic rings. The number of fused-ring (bicyclic) bond motifs is 1. The quantitative estimate of drug-likeness (QED) is 0.860. The first-order chi connectivity index (χ1) is 9.65. The van der Waals surface area contributed by atoms with Crippen molar-refractivity contribution in [2.75, 3.05) is 17.2 Å². The number of carbonyl (C=O) groups excluding carboxylic acids is 1. The Bertz CT molecular complexity index is 647. The minimum absolute atomic E-state index is 0.177. The second kappa shape index (κ2) is 5.00. The molecule has 2 heterocycles. The topological polar surface area (TPSA) is 64.2 Å². The van der Waals surface area contributed by atoms with Gasteiger partial charge >= 0.3 is 0 Å². The van der Waals surface area contributed by atoms with E-state index in [1.165, 1.54) is 0 Å². The second-order valence-corrected chi connectivity index (χ2v) is 5.14. The molecule has 0 saturated carbocycles. The molecular formula is C15H18N4O. The van der Waals surface area contributed by atoms with Gasteiger partial charge in [-0.25, -0.2) is 4.98 Å². The third-order valence-corrected chi connectivity index (χ3v) is 3.78. The van der Waals surface area contributed by atoms with Crippen LogP contribution in [0, 0.1) is 0 Å². The zero-order valence-electron chi connectivity index (χ0n) is 11.5. The van der Waals surface area contributed by atoms with E-state index < -0.39 is 0 Å². The molecule has 3 rings (SSSR count). The Morgan fingerprint density at radius 2 is 2.20 bits per heavy atom. The van der Waals surface area contributed by atoms with Crippen molar-refractivity contribution in [1.82, 2.24) is 9.55 Å². The molecule has 0 fully saturated rings. The van der Waals surface area contributed by atoms with Crippen molar-refractivity contribution < 1.29 is 4.79 Å². The van der Waals surface area contributed by atoms with Crippen molar-refractivity contribution in [2.24, 2.45) is 7.05 Å². The lowest BCUT2D eigenvalue weighted by Gasteiger charge is -2.29. The number of hydrogen-bond donors (Lipinski definition) is 1. The highest BCUT2D eigenvalue weighted by atomic mass is 16.2. The van der Waals surface area contributed by atoms with Crippen molar-refractivity contribution in [3.05, 3.63) is 42.0 Å². The van der Waals surface area contributed by atoms with Gasteiger partial charge in [-0.2, -0.15) is 0 Å². The van der Waals surface area contributed by atoms with E-state index in [1.807, 2.05) is 40.9 Å². The predicted octanol–water partition coefficient (Wildman–Crippen LogP) is 1.52. The average Bonchev–Trinajstić information content (AvgIpc) is 2.83. The molecule has 1 aliphatic heterocycles. The summed E-state index contributed by atoms with van der Waals surface area (Å²) in [7, 11) is 1.97. The standard InChI is InChI=1S/C15H18N4O/c1-18-9-7-17-14(18)6-8-19-13-4-3-12(16)10-11(13)2-5-15(19)20/h3-4,7,9-10H,2,5-6,8,16H2,1H3. The lowest BCUT2D eigenvalue weighted by Crippen LogP contribution is -2.37. The minimum atomic E-state index is 0.177. The average molecular weight is 270 g/mol. The minimum Gasteiger partial charge on any atom is -0.399 e. The molecule has 1 aromatic carbocycles. The largest absolute Gasteiger partial charge is 0.399 e. The Morgan fingerprint density at radius 3 is 2.95 bits per heavy atom. The number of benzene rings is 1. The lowest BCUT2D eigenvalue weighted by molar-refractivity contribution is -0.118. The van der Waals surface area contributed by atoms with Gasteiger partial charge < -0.3 is 15.2 Å². The first kappa shape index (κ1) is 12.7. The van der Waals surface area contributed by atoms with Gasteiger partial charge in [0.1, 0.15) is 5.82 Å². The maximum absolute atomic E-state index is 12.2. The maximum Gasteiger partial charge on any atom is 0.227 e. The summed E-state index contributed by atoms with van der Waals surface area (Å²) in [5.41, 5.74) is 8.72. The highest BCUT2D eigenvalue weighted by Gasteiger charge is 2.24. The lowest BCUT2D eigenvalue weighted by atomic mass is 10.0. The third kappa shape index (κ3) is 2.27. The number of nitrogens with two attached hydrogens (primary N) is 1. The van der Waals surface area contributed by atoms with Crippen LogP contribution >= 0.6 is 0 Å². The molecule has 0 spiro atoms. The summed E-state index contributed by atoms with van der Waals surface area (Å²) in [6.45, 7) is 0.653. The number of carbonyl (C=O) groups is 1. The molecule has 2 N–H and O–H groups in total. The number of aromatic nitrogens is 2. The van der Waals surface area contributed by atoms with Gasteiger partial charge in [-0.1, -0.05) is 0 Å². The molecule has 0 unspecified atom stereocenters. The predicted molar refractivity (Wildman–Crippen MR) is 78.4 cm³/mol. The Kier molecular flexibility index (Phi) is 3.18. The highest BCUT2D eigenvalue weighted by Crippen LogP contribution is 2.29. The number of aryl methyl sites for hydroxylation is 2. The molecule has 1 amide bonds. The Hall–Kier alpha value is -2.30. The van der Waals surface area contributed by atoms with Gasteiger partial charge in [-0.3, -0.25) is 4.79 Å². The van der Waals surface area contributed by atoms with Gasteiger partial charge in [0, 0.05) is 50.2 Å². The number of imidazole rings is 1. The molecule has 5 nitrogen and oxygen atoms in total. The molecule has 0 bridgehead atoms. The molecule has 1 aromatic heterocycles. The molecule has 5 heteroatoms. The summed E-state index contributed by atoms with van der Waals surface area (Å²) in [6.07, 6.45) is 5.78. The summed E-state index contributed by atoms with van der Waals surface area (Å²) in [6, 6.07) is 5.76. The van der Waals surface area contributed by atoms with Gasteiger partial charge in [-0.15, -0.1) is 0 Å².